The summed E-state index contributed by atoms with van der Waals surface area (Å²) in [5.41, 5.74) is 0. The van der Waals surface area contributed by atoms with Gasteiger partial charge in [-0.25, -0.2) is 0 Å². The van der Waals surface area contributed by atoms with Crippen LogP contribution in [-0.4, -0.2) is 37.0 Å². The molecule has 0 aromatic carbocycles. The van der Waals surface area contributed by atoms with Crippen LogP contribution in [0.4, 0.5) is 0 Å². The van der Waals surface area contributed by atoms with Crippen LogP contribution in [-0.2, 0) is 19.0 Å². The minimum Gasteiger partial charge on any atom is -0.465 e. The molecule has 8 atom stereocenters. The zero-order chi connectivity index (χ0) is 15.3. The molecule has 0 amide bonds. The molecule has 2 saturated heterocycles. The van der Waals surface area contributed by atoms with Gasteiger partial charge in [0.25, 0.3) is 0 Å². The molecule has 8 unspecified atom stereocenters. The van der Waals surface area contributed by atoms with Crippen molar-refractivity contribution in [3.63, 3.8) is 0 Å². The molecule has 4 nitrogen and oxygen atoms in total. The van der Waals surface area contributed by atoms with Crippen molar-refractivity contribution in [3.05, 3.63) is 0 Å². The van der Waals surface area contributed by atoms with E-state index in [1.807, 2.05) is 0 Å². The predicted molar refractivity (Wildman–Crippen MR) is 81.3 cm³/mol. The van der Waals surface area contributed by atoms with Crippen molar-refractivity contribution in [2.75, 3.05) is 6.61 Å². The van der Waals surface area contributed by atoms with E-state index in [9.17, 15) is 4.79 Å². The highest BCUT2D eigenvalue weighted by Gasteiger charge is 2.53. The lowest BCUT2D eigenvalue weighted by molar-refractivity contribution is -0.154. The molecule has 0 radical (unpaired) electrons. The first kappa shape index (κ1) is 14.9. The van der Waals surface area contributed by atoms with E-state index >= 15 is 0 Å². The van der Waals surface area contributed by atoms with E-state index in [0.29, 0.717) is 48.8 Å². The third kappa shape index (κ3) is 2.58. The summed E-state index contributed by atoms with van der Waals surface area (Å²) in [5, 5.41) is 0. The smallest absolute Gasteiger partial charge is 0.309 e. The van der Waals surface area contributed by atoms with Crippen LogP contribution >= 0.6 is 0 Å². The second-order valence-corrected chi connectivity index (χ2v) is 7.57. The highest BCUT2D eigenvalue weighted by atomic mass is 16.6. The average Bonchev–Trinajstić information content (AvgIpc) is 3.43. The van der Waals surface area contributed by atoms with Crippen LogP contribution in [0.5, 0.6) is 0 Å². The molecule has 0 bridgehead atoms. The van der Waals surface area contributed by atoms with Gasteiger partial charge >= 0.3 is 5.97 Å². The molecule has 124 valence electrons. The fourth-order valence-corrected chi connectivity index (χ4v) is 5.06. The summed E-state index contributed by atoms with van der Waals surface area (Å²) in [5.74, 6) is 1.52. The minimum atomic E-state index is 0.0227. The van der Waals surface area contributed by atoms with Gasteiger partial charge in [-0.3, -0.25) is 4.79 Å². The van der Waals surface area contributed by atoms with Crippen LogP contribution in [0.2, 0.25) is 0 Å². The Morgan fingerprint density at radius 1 is 0.955 bits per heavy atom. The normalized spacial score (nSPS) is 49.0. The van der Waals surface area contributed by atoms with Crippen molar-refractivity contribution in [1.82, 2.24) is 0 Å². The summed E-state index contributed by atoms with van der Waals surface area (Å²) in [7, 11) is 0. The number of carbonyl (C=O) groups is 1. The van der Waals surface area contributed by atoms with Gasteiger partial charge in [0.15, 0.2) is 0 Å². The van der Waals surface area contributed by atoms with Crippen LogP contribution in [0.3, 0.4) is 0 Å². The van der Waals surface area contributed by atoms with Crippen molar-refractivity contribution in [2.24, 2.45) is 23.7 Å². The third-order valence-corrected chi connectivity index (χ3v) is 6.48. The molecule has 2 saturated carbocycles. The van der Waals surface area contributed by atoms with Gasteiger partial charge in [0.05, 0.1) is 36.9 Å². The SMILES string of the molecule is CCC1C(COC(=O)C2CCC3OC3C2CC)CCC2OC21. The number of esters is 1. The second-order valence-electron chi connectivity index (χ2n) is 7.57. The monoisotopic (exact) mass is 308 g/mol. The number of hydrogen-bond acceptors (Lipinski definition) is 4. The van der Waals surface area contributed by atoms with Crippen molar-refractivity contribution >= 4 is 5.97 Å². The van der Waals surface area contributed by atoms with Crippen molar-refractivity contribution in [3.8, 4) is 0 Å². The molecule has 0 spiro atoms. The van der Waals surface area contributed by atoms with E-state index in [0.717, 1.165) is 38.5 Å². The fraction of sp³-hybridized carbons (Fsp3) is 0.944. The van der Waals surface area contributed by atoms with E-state index < -0.39 is 0 Å². The molecule has 2 aliphatic carbocycles. The Kier molecular flexibility index (Phi) is 3.93. The molecule has 0 aromatic heterocycles. The molecule has 0 aromatic rings. The van der Waals surface area contributed by atoms with Crippen molar-refractivity contribution in [2.45, 2.75) is 76.8 Å². The lowest BCUT2D eigenvalue weighted by Gasteiger charge is -2.30. The van der Waals surface area contributed by atoms with Crippen molar-refractivity contribution in [1.29, 1.82) is 0 Å². The lowest BCUT2D eigenvalue weighted by Crippen LogP contribution is -2.36. The molecular formula is C18H28O4. The molecule has 2 heterocycles. The first-order valence-corrected chi connectivity index (χ1v) is 9.20. The van der Waals surface area contributed by atoms with Gasteiger partial charge in [-0.15, -0.1) is 0 Å². The van der Waals surface area contributed by atoms with Gasteiger partial charge in [0.1, 0.15) is 0 Å². The lowest BCUT2D eigenvalue weighted by atomic mass is 9.77. The Morgan fingerprint density at radius 2 is 1.59 bits per heavy atom. The standard InChI is InChI=1S/C18H28O4/c1-3-11-10(5-7-14-16(11)21-14)9-20-18(19)13-6-8-15-17(22-15)12(13)4-2/h10-17H,3-9H2,1-2H3. The summed E-state index contributed by atoms with van der Waals surface area (Å²) in [6.07, 6.45) is 8.10. The first-order valence-electron chi connectivity index (χ1n) is 9.20. The van der Waals surface area contributed by atoms with E-state index in [-0.39, 0.29) is 11.9 Å². The Balaban J connectivity index is 1.32. The highest BCUT2D eigenvalue weighted by Crippen LogP contribution is 2.47. The largest absolute Gasteiger partial charge is 0.465 e. The number of carbonyl (C=O) groups excluding carboxylic acids is 1. The Hall–Kier alpha value is -0.610. The molecule has 4 fully saturated rings. The maximum absolute atomic E-state index is 12.6. The van der Waals surface area contributed by atoms with Crippen LogP contribution < -0.4 is 0 Å². The van der Waals surface area contributed by atoms with E-state index in [4.69, 9.17) is 14.2 Å². The zero-order valence-corrected chi connectivity index (χ0v) is 13.7. The minimum absolute atomic E-state index is 0.0227. The average molecular weight is 308 g/mol. The summed E-state index contributed by atoms with van der Waals surface area (Å²) in [4.78, 5) is 12.6. The van der Waals surface area contributed by atoms with Gasteiger partial charge < -0.3 is 14.2 Å². The number of rotatable bonds is 5. The molecule has 2 aliphatic heterocycles. The van der Waals surface area contributed by atoms with Gasteiger partial charge in [-0.05, 0) is 43.9 Å². The van der Waals surface area contributed by atoms with Gasteiger partial charge in [-0.1, -0.05) is 20.3 Å². The van der Waals surface area contributed by atoms with Gasteiger partial charge in [-0.2, -0.15) is 0 Å². The maximum atomic E-state index is 12.6. The van der Waals surface area contributed by atoms with Crippen LogP contribution in [0.25, 0.3) is 0 Å². The Bertz CT molecular complexity index is 437. The summed E-state index contributed by atoms with van der Waals surface area (Å²) >= 11 is 0. The molecule has 0 N–H and O–H groups in total. The Morgan fingerprint density at radius 3 is 2.27 bits per heavy atom. The van der Waals surface area contributed by atoms with E-state index in [2.05, 4.69) is 13.8 Å². The van der Waals surface area contributed by atoms with Gasteiger partial charge in [0.2, 0.25) is 0 Å². The number of fused-ring (bicyclic) bond motifs is 2. The third-order valence-electron chi connectivity index (χ3n) is 6.48. The molecule has 22 heavy (non-hydrogen) atoms. The zero-order valence-electron chi connectivity index (χ0n) is 13.7. The topological polar surface area (TPSA) is 51.4 Å². The number of hydrogen-bond donors (Lipinski definition) is 0. The van der Waals surface area contributed by atoms with E-state index in [1.54, 1.807) is 0 Å². The predicted octanol–water partition coefficient (Wildman–Crippen LogP) is 2.94. The Labute approximate surface area is 132 Å². The summed E-state index contributed by atoms with van der Waals surface area (Å²) in [6.45, 7) is 4.97. The summed E-state index contributed by atoms with van der Waals surface area (Å²) < 4.78 is 17.2. The van der Waals surface area contributed by atoms with Gasteiger partial charge in [0, 0.05) is 5.92 Å². The fourth-order valence-electron chi connectivity index (χ4n) is 5.06. The number of ether oxygens (including phenoxy) is 3. The quantitative estimate of drug-likeness (QED) is 0.579. The number of epoxide rings is 2. The molecule has 4 rings (SSSR count). The summed E-state index contributed by atoms with van der Waals surface area (Å²) in [6, 6.07) is 0. The van der Waals surface area contributed by atoms with Crippen LogP contribution in [0, 0.1) is 23.7 Å². The molecule has 4 aliphatic rings. The second kappa shape index (κ2) is 5.79. The maximum Gasteiger partial charge on any atom is 0.309 e. The van der Waals surface area contributed by atoms with E-state index in [1.165, 1.54) is 0 Å². The highest BCUT2D eigenvalue weighted by molar-refractivity contribution is 5.73. The molecular weight excluding hydrogens is 280 g/mol. The first-order chi connectivity index (χ1) is 10.7. The van der Waals surface area contributed by atoms with Crippen LogP contribution in [0.15, 0.2) is 0 Å². The van der Waals surface area contributed by atoms with Crippen LogP contribution in [0.1, 0.15) is 52.4 Å². The van der Waals surface area contributed by atoms with Crippen molar-refractivity contribution < 1.29 is 19.0 Å². The molecule has 4 heteroatoms.